The van der Waals surface area contributed by atoms with Gasteiger partial charge < -0.3 is 10.5 Å². The van der Waals surface area contributed by atoms with Crippen LogP contribution >= 0.6 is 11.6 Å². The molecule has 16 heavy (non-hydrogen) atoms. The Kier molecular flexibility index (Phi) is 3.47. The van der Waals surface area contributed by atoms with E-state index in [0.29, 0.717) is 19.8 Å². The second-order valence-corrected chi connectivity index (χ2v) is 4.70. The van der Waals surface area contributed by atoms with Gasteiger partial charge in [0.15, 0.2) is 0 Å². The first-order valence-electron chi connectivity index (χ1n) is 5.41. The van der Waals surface area contributed by atoms with Crippen molar-refractivity contribution in [2.24, 2.45) is 5.73 Å². The van der Waals surface area contributed by atoms with Crippen LogP contribution in [0, 0.1) is 5.82 Å². The van der Waals surface area contributed by atoms with Gasteiger partial charge in [-0.3, -0.25) is 0 Å². The first-order chi connectivity index (χ1) is 7.68. The first-order valence-corrected chi connectivity index (χ1v) is 5.79. The van der Waals surface area contributed by atoms with Gasteiger partial charge >= 0.3 is 0 Å². The van der Waals surface area contributed by atoms with Crippen LogP contribution in [0.3, 0.4) is 0 Å². The second-order valence-electron chi connectivity index (χ2n) is 4.29. The normalized spacial score (nSPS) is 18.2. The molecule has 1 aromatic carbocycles. The van der Waals surface area contributed by atoms with E-state index in [4.69, 9.17) is 22.1 Å². The maximum Gasteiger partial charge on any atom is 0.141 e. The van der Waals surface area contributed by atoms with Gasteiger partial charge in [0.2, 0.25) is 0 Å². The van der Waals surface area contributed by atoms with Crippen molar-refractivity contribution in [3.05, 3.63) is 34.6 Å². The minimum absolute atomic E-state index is 0.00326. The average Bonchev–Trinajstić information content (AvgIpc) is 2.22. The summed E-state index contributed by atoms with van der Waals surface area (Å²) >= 11 is 5.79. The highest BCUT2D eigenvalue weighted by Gasteiger charge is 2.39. The maximum atomic E-state index is 13.1. The summed E-state index contributed by atoms with van der Waals surface area (Å²) in [4.78, 5) is 0. The quantitative estimate of drug-likeness (QED) is 0.882. The van der Waals surface area contributed by atoms with E-state index in [1.165, 1.54) is 6.07 Å². The Balaban J connectivity index is 2.22. The van der Waals surface area contributed by atoms with Crippen LogP contribution in [0.5, 0.6) is 0 Å². The van der Waals surface area contributed by atoms with E-state index in [1.807, 2.05) is 0 Å². The number of rotatable bonds is 4. The van der Waals surface area contributed by atoms with Crippen molar-refractivity contribution >= 4 is 11.6 Å². The van der Waals surface area contributed by atoms with Crippen LogP contribution in [0.1, 0.15) is 18.4 Å². The predicted molar refractivity (Wildman–Crippen MR) is 62.2 cm³/mol. The Morgan fingerprint density at radius 1 is 1.44 bits per heavy atom. The number of halogens is 2. The van der Waals surface area contributed by atoms with Crippen molar-refractivity contribution in [3.8, 4) is 0 Å². The number of nitrogens with two attached hydrogens (primary N) is 1. The van der Waals surface area contributed by atoms with E-state index < -0.39 is 0 Å². The summed E-state index contributed by atoms with van der Waals surface area (Å²) in [5.74, 6) is -0.375. The number of benzene rings is 1. The summed E-state index contributed by atoms with van der Waals surface area (Å²) in [6, 6.07) is 4.91. The van der Waals surface area contributed by atoms with Crippen molar-refractivity contribution in [3.63, 3.8) is 0 Å². The van der Waals surface area contributed by atoms with Crippen LogP contribution < -0.4 is 5.73 Å². The molecule has 0 bridgehead atoms. The molecule has 1 saturated heterocycles. The molecule has 2 nitrogen and oxygen atoms in total. The molecule has 0 saturated carbocycles. The van der Waals surface area contributed by atoms with E-state index in [2.05, 4.69) is 0 Å². The van der Waals surface area contributed by atoms with Crippen molar-refractivity contribution < 1.29 is 9.13 Å². The van der Waals surface area contributed by atoms with Crippen LogP contribution in [0.4, 0.5) is 4.39 Å². The lowest BCUT2D eigenvalue weighted by Crippen LogP contribution is -2.47. The maximum absolute atomic E-state index is 13.1. The fraction of sp³-hybridized carbons (Fsp3) is 0.500. The van der Waals surface area contributed by atoms with Gasteiger partial charge in [-0.1, -0.05) is 17.7 Å². The molecule has 0 aromatic heterocycles. The van der Waals surface area contributed by atoms with Gasteiger partial charge in [-0.25, -0.2) is 4.39 Å². The molecule has 88 valence electrons. The molecule has 2 rings (SSSR count). The Hall–Kier alpha value is -0.640. The molecule has 0 aliphatic carbocycles. The van der Waals surface area contributed by atoms with E-state index in [9.17, 15) is 4.39 Å². The SMILES string of the molecule is NCCCC1(c2ccc(F)c(Cl)c2)COC1. The molecule has 0 unspecified atom stereocenters. The molecule has 1 heterocycles. The molecule has 4 heteroatoms. The van der Waals surface area contributed by atoms with E-state index in [1.54, 1.807) is 12.1 Å². The summed E-state index contributed by atoms with van der Waals surface area (Å²) in [5.41, 5.74) is 6.57. The van der Waals surface area contributed by atoms with E-state index >= 15 is 0 Å². The fourth-order valence-corrected chi connectivity index (χ4v) is 2.25. The lowest BCUT2D eigenvalue weighted by Gasteiger charge is -2.42. The van der Waals surface area contributed by atoms with Crippen LogP contribution in [-0.4, -0.2) is 19.8 Å². The van der Waals surface area contributed by atoms with Crippen LogP contribution in [0.25, 0.3) is 0 Å². The Morgan fingerprint density at radius 2 is 2.19 bits per heavy atom. The number of hydrogen-bond acceptors (Lipinski definition) is 2. The molecule has 0 amide bonds. The fourth-order valence-electron chi connectivity index (χ4n) is 2.07. The molecule has 0 spiro atoms. The second kappa shape index (κ2) is 4.70. The Morgan fingerprint density at radius 3 is 2.69 bits per heavy atom. The van der Waals surface area contributed by atoms with Gasteiger partial charge in [0.25, 0.3) is 0 Å². The third-order valence-electron chi connectivity index (χ3n) is 3.15. The summed E-state index contributed by atoms with van der Waals surface area (Å²) in [7, 11) is 0. The summed E-state index contributed by atoms with van der Waals surface area (Å²) < 4.78 is 18.4. The molecule has 0 atom stereocenters. The number of hydrogen-bond donors (Lipinski definition) is 1. The first kappa shape index (κ1) is 11.8. The standard InChI is InChI=1S/C12H15ClFNO/c13-10-6-9(2-3-11(10)14)12(4-1-5-15)7-16-8-12/h2-3,6H,1,4-5,7-8,15H2. The number of ether oxygens (including phenoxy) is 1. The van der Waals surface area contributed by atoms with Crippen molar-refractivity contribution in [1.29, 1.82) is 0 Å². The Bertz CT molecular complexity index is 379. The van der Waals surface area contributed by atoms with Crippen molar-refractivity contribution in [2.45, 2.75) is 18.3 Å². The highest BCUT2D eigenvalue weighted by Crippen LogP contribution is 2.38. The zero-order chi connectivity index (χ0) is 11.6. The zero-order valence-electron chi connectivity index (χ0n) is 9.01. The lowest BCUT2D eigenvalue weighted by molar-refractivity contribution is -0.0649. The van der Waals surface area contributed by atoms with E-state index in [0.717, 1.165) is 18.4 Å². The van der Waals surface area contributed by atoms with Crippen LogP contribution in [-0.2, 0) is 10.2 Å². The van der Waals surface area contributed by atoms with Gasteiger partial charge in [-0.2, -0.15) is 0 Å². The third kappa shape index (κ3) is 2.08. The van der Waals surface area contributed by atoms with E-state index in [-0.39, 0.29) is 16.3 Å². The average molecular weight is 244 g/mol. The lowest BCUT2D eigenvalue weighted by atomic mass is 9.75. The molecular formula is C12H15ClFNO. The van der Waals surface area contributed by atoms with Crippen molar-refractivity contribution in [2.75, 3.05) is 19.8 Å². The topological polar surface area (TPSA) is 35.2 Å². The van der Waals surface area contributed by atoms with Gasteiger partial charge in [-0.05, 0) is 37.1 Å². The van der Waals surface area contributed by atoms with Crippen LogP contribution in [0.2, 0.25) is 5.02 Å². The predicted octanol–water partition coefficient (Wildman–Crippen LogP) is 2.49. The van der Waals surface area contributed by atoms with Gasteiger partial charge in [0, 0.05) is 5.41 Å². The van der Waals surface area contributed by atoms with Gasteiger partial charge in [0.1, 0.15) is 5.82 Å². The molecule has 2 N–H and O–H groups in total. The third-order valence-corrected chi connectivity index (χ3v) is 3.44. The molecule has 0 radical (unpaired) electrons. The molecule has 1 fully saturated rings. The molecule has 1 aliphatic rings. The Labute approximate surface area is 99.5 Å². The largest absolute Gasteiger partial charge is 0.379 e. The van der Waals surface area contributed by atoms with Gasteiger partial charge in [0.05, 0.1) is 18.2 Å². The monoisotopic (exact) mass is 243 g/mol. The highest BCUT2D eigenvalue weighted by atomic mass is 35.5. The molecular weight excluding hydrogens is 229 g/mol. The molecule has 1 aromatic rings. The smallest absolute Gasteiger partial charge is 0.141 e. The zero-order valence-corrected chi connectivity index (χ0v) is 9.77. The summed E-state index contributed by atoms with van der Waals surface area (Å²) in [5, 5.41) is 0.177. The van der Waals surface area contributed by atoms with Crippen LogP contribution in [0.15, 0.2) is 18.2 Å². The summed E-state index contributed by atoms with van der Waals surface area (Å²) in [6.07, 6.45) is 1.91. The van der Waals surface area contributed by atoms with Gasteiger partial charge in [-0.15, -0.1) is 0 Å². The minimum atomic E-state index is -0.375. The minimum Gasteiger partial charge on any atom is -0.379 e. The summed E-state index contributed by atoms with van der Waals surface area (Å²) in [6.45, 7) is 2.01. The van der Waals surface area contributed by atoms with Crippen molar-refractivity contribution in [1.82, 2.24) is 0 Å². The highest BCUT2D eigenvalue weighted by molar-refractivity contribution is 6.30. The molecule has 1 aliphatic heterocycles.